The minimum Gasteiger partial charge on any atom is -0.497 e. The molecule has 0 saturated heterocycles. The summed E-state index contributed by atoms with van der Waals surface area (Å²) in [6, 6.07) is 11.6. The smallest absolute Gasteiger partial charge is 0.254 e. The summed E-state index contributed by atoms with van der Waals surface area (Å²) in [7, 11) is 1.65. The van der Waals surface area contributed by atoms with Gasteiger partial charge in [0.15, 0.2) is 11.5 Å². The number of methoxy groups -OCH3 is 1. The summed E-state index contributed by atoms with van der Waals surface area (Å²) < 4.78 is 22.5. The van der Waals surface area contributed by atoms with Crippen molar-refractivity contribution in [2.24, 2.45) is 0 Å². The number of rotatable bonds is 11. The van der Waals surface area contributed by atoms with E-state index in [0.29, 0.717) is 49.2 Å². The fraction of sp³-hybridized carbons (Fsp3) is 0.458. The third kappa shape index (κ3) is 5.17. The maximum absolute atomic E-state index is 13.5. The molecule has 1 saturated carbocycles. The Morgan fingerprint density at radius 1 is 0.933 bits per heavy atom. The molecular formula is C24H31NO5. The Balaban J connectivity index is 1.91. The fourth-order valence-electron chi connectivity index (χ4n) is 3.36. The number of hydrogen-bond acceptors (Lipinski definition) is 5. The molecule has 3 rings (SSSR count). The number of benzene rings is 2. The molecule has 1 amide bonds. The first-order valence-electron chi connectivity index (χ1n) is 10.6. The highest BCUT2D eigenvalue weighted by Crippen LogP contribution is 2.40. The van der Waals surface area contributed by atoms with E-state index in [-0.39, 0.29) is 11.9 Å². The minimum absolute atomic E-state index is 0.0294. The van der Waals surface area contributed by atoms with Crippen LogP contribution in [0.4, 0.5) is 0 Å². The molecule has 0 spiro atoms. The summed E-state index contributed by atoms with van der Waals surface area (Å²) in [4.78, 5) is 15.4. The topological polar surface area (TPSA) is 57.2 Å². The number of hydrogen-bond donors (Lipinski definition) is 0. The van der Waals surface area contributed by atoms with Crippen molar-refractivity contribution in [3.63, 3.8) is 0 Å². The highest BCUT2D eigenvalue weighted by atomic mass is 16.5. The van der Waals surface area contributed by atoms with E-state index in [2.05, 4.69) is 0 Å². The lowest BCUT2D eigenvalue weighted by Gasteiger charge is -2.24. The Hall–Kier alpha value is -2.89. The average molecular weight is 414 g/mol. The van der Waals surface area contributed by atoms with E-state index in [1.54, 1.807) is 19.2 Å². The second-order valence-corrected chi connectivity index (χ2v) is 7.11. The van der Waals surface area contributed by atoms with E-state index in [1.807, 2.05) is 49.9 Å². The van der Waals surface area contributed by atoms with E-state index in [4.69, 9.17) is 18.9 Å². The Bertz CT molecular complexity index is 818. The molecule has 0 radical (unpaired) electrons. The number of carbonyl (C=O) groups is 1. The number of nitrogens with zero attached hydrogens (tertiary/aromatic N) is 1. The molecule has 0 aromatic heterocycles. The molecule has 0 atom stereocenters. The van der Waals surface area contributed by atoms with Gasteiger partial charge in [-0.3, -0.25) is 4.79 Å². The first-order chi connectivity index (χ1) is 14.6. The van der Waals surface area contributed by atoms with Gasteiger partial charge in [-0.1, -0.05) is 12.1 Å². The van der Waals surface area contributed by atoms with Gasteiger partial charge in [-0.2, -0.15) is 0 Å². The molecule has 0 aliphatic heterocycles. The molecule has 162 valence electrons. The van der Waals surface area contributed by atoms with Crippen molar-refractivity contribution in [2.45, 2.75) is 46.2 Å². The van der Waals surface area contributed by atoms with Crippen LogP contribution in [0.3, 0.4) is 0 Å². The van der Waals surface area contributed by atoms with Gasteiger partial charge in [-0.25, -0.2) is 0 Å². The first kappa shape index (κ1) is 21.8. The quantitative estimate of drug-likeness (QED) is 0.535. The third-order valence-electron chi connectivity index (χ3n) is 4.92. The van der Waals surface area contributed by atoms with Crippen molar-refractivity contribution in [2.75, 3.05) is 26.9 Å². The molecule has 0 N–H and O–H groups in total. The summed E-state index contributed by atoms with van der Waals surface area (Å²) in [6.45, 7) is 7.71. The standard InChI is InChI=1S/C24H31NO5/c1-5-28-21-14-18(15-22(29-6-2)23(21)30-7-3)24(26)25(19-10-11-19)16-17-8-12-20(27-4)13-9-17/h8-9,12-15,19H,5-7,10-11,16H2,1-4H3. The van der Waals surface area contributed by atoms with Gasteiger partial charge in [-0.15, -0.1) is 0 Å². The SMILES string of the molecule is CCOc1cc(C(=O)N(Cc2ccc(OC)cc2)C2CC2)cc(OCC)c1OCC. The molecule has 0 unspecified atom stereocenters. The monoisotopic (exact) mass is 413 g/mol. The second-order valence-electron chi connectivity index (χ2n) is 7.11. The van der Waals surface area contributed by atoms with Crippen LogP contribution in [0.25, 0.3) is 0 Å². The predicted molar refractivity (Wildman–Crippen MR) is 116 cm³/mol. The van der Waals surface area contributed by atoms with Crippen molar-refractivity contribution in [1.29, 1.82) is 0 Å². The van der Waals surface area contributed by atoms with Crippen molar-refractivity contribution < 1.29 is 23.7 Å². The van der Waals surface area contributed by atoms with Gasteiger partial charge >= 0.3 is 0 Å². The third-order valence-corrected chi connectivity index (χ3v) is 4.92. The lowest BCUT2D eigenvalue weighted by molar-refractivity contribution is 0.0728. The Morgan fingerprint density at radius 2 is 1.50 bits per heavy atom. The molecule has 6 heteroatoms. The van der Waals surface area contributed by atoms with Gasteiger partial charge < -0.3 is 23.8 Å². The largest absolute Gasteiger partial charge is 0.497 e. The van der Waals surface area contributed by atoms with E-state index in [1.165, 1.54) is 0 Å². The zero-order valence-electron chi connectivity index (χ0n) is 18.3. The molecule has 1 aliphatic rings. The zero-order valence-corrected chi connectivity index (χ0v) is 18.3. The van der Waals surface area contributed by atoms with Crippen LogP contribution < -0.4 is 18.9 Å². The van der Waals surface area contributed by atoms with Gasteiger partial charge in [0.25, 0.3) is 5.91 Å². The summed E-state index contributed by atoms with van der Waals surface area (Å²) in [5, 5.41) is 0. The van der Waals surface area contributed by atoms with Crippen LogP contribution >= 0.6 is 0 Å². The van der Waals surface area contributed by atoms with Crippen molar-refractivity contribution >= 4 is 5.91 Å². The predicted octanol–water partition coefficient (Wildman–Crippen LogP) is 4.70. The van der Waals surface area contributed by atoms with Crippen molar-refractivity contribution in [3.8, 4) is 23.0 Å². The van der Waals surface area contributed by atoms with Gasteiger partial charge in [0, 0.05) is 18.2 Å². The van der Waals surface area contributed by atoms with E-state index < -0.39 is 0 Å². The Morgan fingerprint density at radius 3 is 1.97 bits per heavy atom. The summed E-state index contributed by atoms with van der Waals surface area (Å²) in [5.74, 6) is 2.39. The molecular weight excluding hydrogens is 382 g/mol. The highest BCUT2D eigenvalue weighted by Gasteiger charge is 2.34. The maximum atomic E-state index is 13.5. The van der Waals surface area contributed by atoms with Crippen molar-refractivity contribution in [1.82, 2.24) is 4.90 Å². The maximum Gasteiger partial charge on any atom is 0.254 e. The number of ether oxygens (including phenoxy) is 4. The summed E-state index contributed by atoms with van der Waals surface area (Å²) >= 11 is 0. The molecule has 6 nitrogen and oxygen atoms in total. The Kier molecular flexibility index (Phi) is 7.44. The van der Waals surface area contributed by atoms with E-state index >= 15 is 0 Å². The fourth-order valence-corrected chi connectivity index (χ4v) is 3.36. The van der Waals surface area contributed by atoms with Crippen LogP contribution in [0.1, 0.15) is 49.5 Å². The average Bonchev–Trinajstić information content (AvgIpc) is 3.59. The normalized spacial score (nSPS) is 12.9. The van der Waals surface area contributed by atoms with Crippen LogP contribution in [-0.4, -0.2) is 43.8 Å². The lowest BCUT2D eigenvalue weighted by atomic mass is 10.1. The highest BCUT2D eigenvalue weighted by molar-refractivity contribution is 5.96. The molecule has 0 heterocycles. The van der Waals surface area contributed by atoms with Crippen LogP contribution in [0.5, 0.6) is 23.0 Å². The number of carbonyl (C=O) groups excluding carboxylic acids is 1. The minimum atomic E-state index is -0.0294. The summed E-state index contributed by atoms with van der Waals surface area (Å²) in [6.07, 6.45) is 2.05. The molecule has 1 aliphatic carbocycles. The first-order valence-corrected chi connectivity index (χ1v) is 10.6. The van der Waals surface area contributed by atoms with Gasteiger partial charge in [-0.05, 0) is 63.4 Å². The van der Waals surface area contributed by atoms with Gasteiger partial charge in [0.2, 0.25) is 5.75 Å². The zero-order chi connectivity index (χ0) is 21.5. The summed E-state index contributed by atoms with van der Waals surface area (Å²) in [5.41, 5.74) is 1.61. The molecule has 30 heavy (non-hydrogen) atoms. The number of amides is 1. The van der Waals surface area contributed by atoms with Gasteiger partial charge in [0.1, 0.15) is 5.75 Å². The second kappa shape index (κ2) is 10.2. The van der Waals surface area contributed by atoms with Gasteiger partial charge in [0.05, 0.1) is 26.9 Å². The molecule has 1 fully saturated rings. The van der Waals surface area contributed by atoms with Crippen molar-refractivity contribution in [3.05, 3.63) is 47.5 Å². The van der Waals surface area contributed by atoms with Crippen LogP contribution in [-0.2, 0) is 6.54 Å². The van der Waals surface area contributed by atoms with Crippen LogP contribution in [0.15, 0.2) is 36.4 Å². The van der Waals surface area contributed by atoms with E-state index in [0.717, 1.165) is 24.2 Å². The molecule has 0 bridgehead atoms. The Labute approximate surface area is 178 Å². The van der Waals surface area contributed by atoms with Crippen LogP contribution in [0.2, 0.25) is 0 Å². The van der Waals surface area contributed by atoms with E-state index in [9.17, 15) is 4.79 Å². The molecule has 2 aromatic rings. The lowest BCUT2D eigenvalue weighted by Crippen LogP contribution is -2.32. The molecule has 2 aromatic carbocycles. The van der Waals surface area contributed by atoms with Crippen LogP contribution in [0, 0.1) is 0 Å².